The zero-order valence-electron chi connectivity index (χ0n) is 10.3. The molecule has 0 unspecified atom stereocenters. The Morgan fingerprint density at radius 1 is 0.947 bits per heavy atom. The van der Waals surface area contributed by atoms with E-state index >= 15 is 0 Å². The number of nitrogens with zero attached hydrogens (tertiary/aromatic N) is 1. The van der Waals surface area contributed by atoms with E-state index in [0.717, 1.165) is 16.8 Å². The van der Waals surface area contributed by atoms with Crippen LogP contribution in [0.25, 0.3) is 0 Å². The van der Waals surface area contributed by atoms with Crippen molar-refractivity contribution in [3.63, 3.8) is 0 Å². The summed E-state index contributed by atoms with van der Waals surface area (Å²) in [5, 5.41) is 3.93. The van der Waals surface area contributed by atoms with E-state index in [9.17, 15) is 4.79 Å². The molecular weight excluding hydrogens is 238 g/mol. The molecule has 3 heteroatoms. The summed E-state index contributed by atoms with van der Waals surface area (Å²) >= 11 is 0. The topological polar surface area (TPSA) is 38.7 Å². The van der Waals surface area contributed by atoms with Gasteiger partial charge in [0.15, 0.2) is 0 Å². The van der Waals surface area contributed by atoms with Gasteiger partial charge in [-0.1, -0.05) is 65.8 Å². The van der Waals surface area contributed by atoms with E-state index in [2.05, 4.69) is 5.16 Å². The van der Waals surface area contributed by atoms with Gasteiger partial charge in [-0.3, -0.25) is 0 Å². The fourth-order valence-corrected chi connectivity index (χ4v) is 2.23. The summed E-state index contributed by atoms with van der Waals surface area (Å²) in [6, 6.07) is 19.6. The monoisotopic (exact) mass is 251 g/mol. The zero-order valence-corrected chi connectivity index (χ0v) is 10.3. The number of oxime groups is 1. The number of hydrogen-bond acceptors (Lipinski definition) is 3. The van der Waals surface area contributed by atoms with E-state index < -0.39 is 0 Å². The van der Waals surface area contributed by atoms with E-state index in [4.69, 9.17) is 4.84 Å². The first-order valence-corrected chi connectivity index (χ1v) is 6.22. The Morgan fingerprint density at radius 3 is 2.26 bits per heavy atom. The predicted octanol–water partition coefficient (Wildman–Crippen LogP) is 2.81. The van der Waals surface area contributed by atoms with Gasteiger partial charge in [-0.05, 0) is 12.0 Å². The van der Waals surface area contributed by atoms with Gasteiger partial charge in [0.2, 0.25) is 0 Å². The van der Waals surface area contributed by atoms with Crippen LogP contribution in [0.1, 0.15) is 11.1 Å². The molecule has 1 aliphatic rings. The summed E-state index contributed by atoms with van der Waals surface area (Å²) in [6.45, 7) is 0. The van der Waals surface area contributed by atoms with Gasteiger partial charge in [0.05, 0.1) is 0 Å². The molecule has 0 amide bonds. The second-order valence-corrected chi connectivity index (χ2v) is 4.50. The highest BCUT2D eigenvalue weighted by atomic mass is 16.7. The van der Waals surface area contributed by atoms with Gasteiger partial charge in [-0.25, -0.2) is 4.79 Å². The van der Waals surface area contributed by atoms with Crippen molar-refractivity contribution >= 4 is 11.7 Å². The Kier molecular flexibility index (Phi) is 3.11. The number of carbonyl (C=O) groups excluding carboxylic acids is 1. The molecular formula is C16H13NO2. The summed E-state index contributed by atoms with van der Waals surface area (Å²) < 4.78 is 0. The van der Waals surface area contributed by atoms with E-state index in [1.54, 1.807) is 0 Å². The van der Waals surface area contributed by atoms with Gasteiger partial charge >= 0.3 is 5.97 Å². The van der Waals surface area contributed by atoms with Gasteiger partial charge in [0.25, 0.3) is 0 Å². The van der Waals surface area contributed by atoms with Crippen molar-refractivity contribution in [2.75, 3.05) is 0 Å². The van der Waals surface area contributed by atoms with Crippen LogP contribution < -0.4 is 0 Å². The van der Waals surface area contributed by atoms with Crippen LogP contribution in [-0.2, 0) is 16.1 Å². The predicted molar refractivity (Wildman–Crippen MR) is 72.7 cm³/mol. The highest BCUT2D eigenvalue weighted by Gasteiger charge is 2.33. The summed E-state index contributed by atoms with van der Waals surface area (Å²) in [5.41, 5.74) is 2.76. The molecule has 1 atom stereocenters. The molecule has 0 fully saturated rings. The van der Waals surface area contributed by atoms with Gasteiger partial charge in [0.1, 0.15) is 11.6 Å². The Labute approximate surface area is 111 Å². The van der Waals surface area contributed by atoms with Crippen LogP contribution in [0.2, 0.25) is 0 Å². The molecule has 3 rings (SSSR count). The summed E-state index contributed by atoms with van der Waals surface area (Å²) in [6.07, 6.45) is 0.618. The van der Waals surface area contributed by atoms with E-state index in [0.29, 0.717) is 6.42 Å². The van der Waals surface area contributed by atoms with Crippen LogP contribution in [0.15, 0.2) is 65.8 Å². The normalized spacial score (nSPS) is 18.0. The Morgan fingerprint density at radius 2 is 1.58 bits per heavy atom. The molecule has 2 aromatic carbocycles. The minimum absolute atomic E-state index is 0.275. The third kappa shape index (κ3) is 2.40. The van der Waals surface area contributed by atoms with Gasteiger partial charge in [0, 0.05) is 5.56 Å². The highest BCUT2D eigenvalue weighted by Crippen LogP contribution is 2.22. The number of carbonyl (C=O) groups is 1. The molecule has 19 heavy (non-hydrogen) atoms. The average molecular weight is 251 g/mol. The molecule has 0 spiro atoms. The smallest absolute Gasteiger partial charge is 0.317 e. The van der Waals surface area contributed by atoms with Crippen molar-refractivity contribution in [2.45, 2.75) is 6.42 Å². The number of hydrogen-bond donors (Lipinski definition) is 0. The van der Waals surface area contributed by atoms with Crippen molar-refractivity contribution in [3.05, 3.63) is 71.8 Å². The fourth-order valence-electron chi connectivity index (χ4n) is 2.23. The zero-order chi connectivity index (χ0) is 13.1. The van der Waals surface area contributed by atoms with Crippen molar-refractivity contribution in [3.8, 4) is 0 Å². The van der Waals surface area contributed by atoms with Gasteiger partial charge in [-0.15, -0.1) is 0 Å². The van der Waals surface area contributed by atoms with Crippen molar-refractivity contribution in [1.82, 2.24) is 0 Å². The lowest BCUT2D eigenvalue weighted by Gasteiger charge is -2.09. The minimum atomic E-state index is -0.315. The summed E-state index contributed by atoms with van der Waals surface area (Å²) in [7, 11) is 0. The maximum Gasteiger partial charge on any atom is 0.344 e. The Bertz CT molecular complexity index is 605. The van der Waals surface area contributed by atoms with E-state index in [1.165, 1.54) is 0 Å². The molecule has 0 saturated carbocycles. The third-order valence-corrected chi connectivity index (χ3v) is 3.20. The van der Waals surface area contributed by atoms with Crippen molar-refractivity contribution in [2.24, 2.45) is 11.1 Å². The lowest BCUT2D eigenvalue weighted by molar-refractivity contribution is -0.143. The third-order valence-electron chi connectivity index (χ3n) is 3.20. The highest BCUT2D eigenvalue weighted by molar-refractivity contribution is 6.14. The first-order valence-electron chi connectivity index (χ1n) is 6.22. The molecule has 0 aromatic heterocycles. The maximum atomic E-state index is 11.8. The molecule has 0 aliphatic carbocycles. The first-order chi connectivity index (χ1) is 9.34. The largest absolute Gasteiger partial charge is 0.344 e. The lowest BCUT2D eigenvalue weighted by Crippen LogP contribution is -2.21. The fraction of sp³-hybridized carbons (Fsp3) is 0.125. The Balaban J connectivity index is 1.87. The van der Waals surface area contributed by atoms with Crippen molar-refractivity contribution in [1.29, 1.82) is 0 Å². The van der Waals surface area contributed by atoms with Crippen LogP contribution in [0.3, 0.4) is 0 Å². The first kappa shape index (κ1) is 11.7. The number of benzene rings is 2. The van der Waals surface area contributed by atoms with Crippen molar-refractivity contribution < 1.29 is 9.63 Å². The van der Waals surface area contributed by atoms with Crippen LogP contribution in [0, 0.1) is 5.92 Å². The minimum Gasteiger partial charge on any atom is -0.317 e. The summed E-state index contributed by atoms with van der Waals surface area (Å²) in [5.74, 6) is -0.590. The molecule has 1 heterocycles. The molecule has 3 nitrogen and oxygen atoms in total. The average Bonchev–Trinajstić information content (AvgIpc) is 2.82. The molecule has 0 N–H and O–H groups in total. The second-order valence-electron chi connectivity index (χ2n) is 4.50. The Hall–Kier alpha value is -2.42. The molecule has 0 bridgehead atoms. The van der Waals surface area contributed by atoms with Gasteiger partial charge in [-0.2, -0.15) is 0 Å². The van der Waals surface area contributed by atoms with Crippen LogP contribution in [-0.4, -0.2) is 11.7 Å². The summed E-state index contributed by atoms with van der Waals surface area (Å²) in [4.78, 5) is 16.7. The molecule has 1 aliphatic heterocycles. The lowest BCUT2D eigenvalue weighted by atomic mass is 9.91. The van der Waals surface area contributed by atoms with Crippen LogP contribution >= 0.6 is 0 Å². The van der Waals surface area contributed by atoms with E-state index in [-0.39, 0.29) is 11.9 Å². The van der Waals surface area contributed by atoms with E-state index in [1.807, 2.05) is 60.7 Å². The molecule has 2 aromatic rings. The quantitative estimate of drug-likeness (QED) is 0.787. The van der Waals surface area contributed by atoms with Crippen LogP contribution in [0.4, 0.5) is 0 Å². The van der Waals surface area contributed by atoms with Crippen LogP contribution in [0.5, 0.6) is 0 Å². The molecule has 0 radical (unpaired) electrons. The molecule has 94 valence electrons. The molecule has 0 saturated heterocycles. The van der Waals surface area contributed by atoms with Gasteiger partial charge < -0.3 is 4.84 Å². The maximum absolute atomic E-state index is 11.8. The standard InChI is InChI=1S/C16H13NO2/c18-16-14(11-12-7-3-1-4-8-12)15(17-19-16)13-9-5-2-6-10-13/h1-10,14H,11H2/t14-/m0/s1. The second kappa shape index (κ2) is 5.06. The SMILES string of the molecule is O=C1ON=C(c2ccccc2)[C@@H]1Cc1ccccc1. The number of rotatable bonds is 3.